The van der Waals surface area contributed by atoms with E-state index in [1.165, 1.54) is 16.4 Å². The Morgan fingerprint density at radius 1 is 1.10 bits per heavy atom. The van der Waals surface area contributed by atoms with Crippen LogP contribution in [0.25, 0.3) is 0 Å². The Labute approximate surface area is 175 Å². The smallest absolute Gasteiger partial charge is 0.263 e. The number of halogens is 1. The van der Waals surface area contributed by atoms with Crippen molar-refractivity contribution in [3.63, 3.8) is 0 Å². The molecule has 156 valence electrons. The minimum absolute atomic E-state index is 0.114. The zero-order chi connectivity index (χ0) is 21.2. The number of carbonyl (C=O) groups is 1. The number of aromatic hydroxyl groups is 1. The predicted molar refractivity (Wildman–Crippen MR) is 110 cm³/mol. The summed E-state index contributed by atoms with van der Waals surface area (Å²) in [4.78, 5) is 14.1. The molecule has 0 saturated carbocycles. The Morgan fingerprint density at radius 3 is 2.34 bits per heavy atom. The molecule has 1 heterocycles. The van der Waals surface area contributed by atoms with Crippen molar-refractivity contribution in [2.24, 2.45) is 0 Å². The number of aryl methyl sites for hydroxylation is 1. The van der Waals surface area contributed by atoms with Gasteiger partial charge in [-0.2, -0.15) is 4.31 Å². The van der Waals surface area contributed by atoms with E-state index in [-0.39, 0.29) is 42.7 Å². The minimum Gasteiger partial charge on any atom is -0.507 e. The molecule has 0 radical (unpaired) electrons. The molecule has 9 heteroatoms. The number of amides is 1. The number of hydrogen-bond acceptors (Lipinski definition) is 5. The van der Waals surface area contributed by atoms with Crippen LogP contribution < -0.4 is 4.74 Å². The molecule has 1 atom stereocenters. The molecular formula is C20H23ClN2O5S. The van der Waals surface area contributed by atoms with Crippen LogP contribution >= 0.6 is 11.6 Å². The Balaban J connectivity index is 1.62. The number of sulfonamides is 1. The molecular weight excluding hydrogens is 416 g/mol. The first kappa shape index (κ1) is 21.4. The fraction of sp³-hybridized carbons (Fsp3) is 0.350. The van der Waals surface area contributed by atoms with Crippen LogP contribution in [-0.4, -0.2) is 60.9 Å². The van der Waals surface area contributed by atoms with Crippen molar-refractivity contribution in [3.05, 3.63) is 53.1 Å². The van der Waals surface area contributed by atoms with E-state index in [0.717, 1.165) is 5.56 Å². The first-order valence-corrected chi connectivity index (χ1v) is 11.0. The second-order valence-corrected chi connectivity index (χ2v) is 9.26. The normalized spacial score (nSPS) is 16.4. The molecule has 0 aromatic heterocycles. The lowest BCUT2D eigenvalue weighted by molar-refractivity contribution is -0.139. The van der Waals surface area contributed by atoms with E-state index in [1.807, 2.05) is 0 Å². The Bertz CT molecular complexity index is 986. The number of phenolic OH excluding ortho intramolecular Hbond substituents is 1. The van der Waals surface area contributed by atoms with Gasteiger partial charge >= 0.3 is 0 Å². The van der Waals surface area contributed by atoms with Gasteiger partial charge in [0.15, 0.2) is 6.10 Å². The third-order valence-corrected chi connectivity index (χ3v) is 6.94. The largest absolute Gasteiger partial charge is 0.507 e. The number of carbonyl (C=O) groups excluding carboxylic acids is 1. The molecule has 1 fully saturated rings. The van der Waals surface area contributed by atoms with Crippen LogP contribution in [0.5, 0.6) is 11.5 Å². The summed E-state index contributed by atoms with van der Waals surface area (Å²) >= 11 is 5.85. The van der Waals surface area contributed by atoms with Crippen LogP contribution in [0, 0.1) is 6.92 Å². The monoisotopic (exact) mass is 438 g/mol. The molecule has 29 heavy (non-hydrogen) atoms. The minimum atomic E-state index is -3.84. The maximum atomic E-state index is 12.9. The van der Waals surface area contributed by atoms with Gasteiger partial charge in [-0.25, -0.2) is 8.42 Å². The van der Waals surface area contributed by atoms with Crippen molar-refractivity contribution in [2.75, 3.05) is 26.2 Å². The lowest BCUT2D eigenvalue weighted by Gasteiger charge is -2.35. The molecule has 3 rings (SSSR count). The standard InChI is InChI=1S/C20H23ClN2O5S/c1-14-3-8-18(24)19(13-14)29(26,27)23-11-9-22(10-12-23)20(25)15(2)28-17-6-4-16(21)5-7-17/h3-8,13,15,24H,9-12H2,1-2H3. The van der Waals surface area contributed by atoms with Crippen LogP contribution in [-0.2, 0) is 14.8 Å². The number of hydrogen-bond donors (Lipinski definition) is 1. The zero-order valence-electron chi connectivity index (χ0n) is 16.2. The maximum Gasteiger partial charge on any atom is 0.263 e. The van der Waals surface area contributed by atoms with Crippen LogP contribution in [0.2, 0.25) is 5.02 Å². The van der Waals surface area contributed by atoms with Gasteiger partial charge in [0.05, 0.1) is 0 Å². The molecule has 0 aliphatic carbocycles. The highest BCUT2D eigenvalue weighted by molar-refractivity contribution is 7.89. The Hall–Kier alpha value is -2.29. The summed E-state index contributed by atoms with van der Waals surface area (Å²) in [5, 5.41) is 10.6. The van der Waals surface area contributed by atoms with Gasteiger partial charge in [0.25, 0.3) is 5.91 Å². The number of phenols is 1. The fourth-order valence-electron chi connectivity index (χ4n) is 3.14. The zero-order valence-corrected chi connectivity index (χ0v) is 17.8. The average Bonchev–Trinajstić information content (AvgIpc) is 2.71. The first-order chi connectivity index (χ1) is 13.7. The van der Waals surface area contributed by atoms with E-state index in [1.54, 1.807) is 49.1 Å². The van der Waals surface area contributed by atoms with Crippen LogP contribution in [0.4, 0.5) is 0 Å². The van der Waals surface area contributed by atoms with Crippen LogP contribution in [0.1, 0.15) is 12.5 Å². The summed E-state index contributed by atoms with van der Waals surface area (Å²) in [5.74, 6) is 0.0425. The molecule has 1 aliphatic heterocycles. The van der Waals surface area contributed by atoms with Crippen molar-refractivity contribution < 1.29 is 23.1 Å². The van der Waals surface area contributed by atoms with Gasteiger partial charge in [0.1, 0.15) is 16.4 Å². The van der Waals surface area contributed by atoms with Gasteiger partial charge in [0, 0.05) is 31.2 Å². The average molecular weight is 439 g/mol. The van der Waals surface area contributed by atoms with E-state index in [2.05, 4.69) is 0 Å². The highest BCUT2D eigenvalue weighted by atomic mass is 35.5. The lowest BCUT2D eigenvalue weighted by atomic mass is 10.2. The molecule has 2 aromatic rings. The molecule has 0 bridgehead atoms. The summed E-state index contributed by atoms with van der Waals surface area (Å²) in [6, 6.07) is 11.2. The highest BCUT2D eigenvalue weighted by Gasteiger charge is 2.33. The quantitative estimate of drug-likeness (QED) is 0.775. The number of benzene rings is 2. The van der Waals surface area contributed by atoms with E-state index < -0.39 is 16.1 Å². The molecule has 0 spiro atoms. The molecule has 1 N–H and O–H groups in total. The summed E-state index contributed by atoms with van der Waals surface area (Å²) < 4.78 is 32.7. The van der Waals surface area contributed by atoms with Gasteiger partial charge in [0.2, 0.25) is 10.0 Å². The van der Waals surface area contributed by atoms with Crippen molar-refractivity contribution in [1.82, 2.24) is 9.21 Å². The summed E-state index contributed by atoms with van der Waals surface area (Å²) in [6.45, 7) is 4.21. The van der Waals surface area contributed by atoms with Crippen molar-refractivity contribution in [2.45, 2.75) is 24.8 Å². The van der Waals surface area contributed by atoms with Crippen LogP contribution in [0.3, 0.4) is 0 Å². The summed E-state index contributed by atoms with van der Waals surface area (Å²) in [7, 11) is -3.84. The van der Waals surface area contributed by atoms with Gasteiger partial charge < -0.3 is 14.7 Å². The van der Waals surface area contributed by atoms with Crippen molar-refractivity contribution >= 4 is 27.5 Å². The third kappa shape index (κ3) is 4.83. The van der Waals surface area contributed by atoms with Gasteiger partial charge in [-0.05, 0) is 55.8 Å². The molecule has 7 nitrogen and oxygen atoms in total. The molecule has 1 unspecified atom stereocenters. The third-order valence-electron chi connectivity index (χ3n) is 4.76. The topological polar surface area (TPSA) is 87.2 Å². The lowest BCUT2D eigenvalue weighted by Crippen LogP contribution is -2.53. The maximum absolute atomic E-state index is 12.9. The SMILES string of the molecule is Cc1ccc(O)c(S(=O)(=O)N2CCN(C(=O)C(C)Oc3ccc(Cl)cc3)CC2)c1. The van der Waals surface area contributed by atoms with Gasteiger partial charge in [-0.3, -0.25) is 4.79 Å². The Kier molecular flexibility index (Phi) is 6.36. The molecule has 1 amide bonds. The summed E-state index contributed by atoms with van der Waals surface area (Å²) in [6.07, 6.45) is -0.708. The predicted octanol–water partition coefficient (Wildman–Crippen LogP) is 2.65. The first-order valence-electron chi connectivity index (χ1n) is 9.19. The molecule has 1 aliphatic rings. The van der Waals surface area contributed by atoms with Crippen molar-refractivity contribution in [3.8, 4) is 11.5 Å². The van der Waals surface area contributed by atoms with E-state index >= 15 is 0 Å². The van der Waals surface area contributed by atoms with Crippen LogP contribution in [0.15, 0.2) is 47.4 Å². The number of rotatable bonds is 5. The van der Waals surface area contributed by atoms with Gasteiger partial charge in [-0.1, -0.05) is 17.7 Å². The number of nitrogens with zero attached hydrogens (tertiary/aromatic N) is 2. The second kappa shape index (κ2) is 8.61. The van der Waals surface area contributed by atoms with E-state index in [0.29, 0.717) is 10.8 Å². The highest BCUT2D eigenvalue weighted by Crippen LogP contribution is 2.27. The van der Waals surface area contributed by atoms with E-state index in [9.17, 15) is 18.3 Å². The summed E-state index contributed by atoms with van der Waals surface area (Å²) in [5.41, 5.74) is 0.739. The Morgan fingerprint density at radius 2 is 1.72 bits per heavy atom. The van der Waals surface area contributed by atoms with Crippen molar-refractivity contribution in [1.29, 1.82) is 0 Å². The fourth-order valence-corrected chi connectivity index (χ4v) is 4.86. The van der Waals surface area contributed by atoms with E-state index in [4.69, 9.17) is 16.3 Å². The number of piperazine rings is 1. The molecule has 1 saturated heterocycles. The molecule has 2 aromatic carbocycles. The number of ether oxygens (including phenoxy) is 1. The second-order valence-electron chi connectivity index (χ2n) is 6.91. The van der Waals surface area contributed by atoms with Gasteiger partial charge in [-0.15, -0.1) is 0 Å².